The van der Waals surface area contributed by atoms with Crippen LogP contribution in [0.5, 0.6) is 5.75 Å². The second-order valence-electron chi connectivity index (χ2n) is 11.0. The summed E-state index contributed by atoms with van der Waals surface area (Å²) in [5.74, 6) is -0.309. The van der Waals surface area contributed by atoms with Crippen LogP contribution in [0.2, 0.25) is 13.1 Å². The Morgan fingerprint density at radius 1 is 1.15 bits per heavy atom. The molecule has 0 unspecified atom stereocenters. The van der Waals surface area contributed by atoms with Crippen molar-refractivity contribution in [3.8, 4) is 16.9 Å². The molecule has 2 aromatic heterocycles. The van der Waals surface area contributed by atoms with Crippen molar-refractivity contribution in [1.29, 1.82) is 0 Å². The fourth-order valence-electron chi connectivity index (χ4n) is 4.54. The van der Waals surface area contributed by atoms with Gasteiger partial charge in [-0.25, -0.2) is 19.0 Å². The van der Waals surface area contributed by atoms with Gasteiger partial charge in [-0.05, 0) is 80.6 Å². The Bertz CT molecular complexity index is 1330. The maximum Gasteiger partial charge on any atom is 0.467 e. The normalized spacial score (nSPS) is 15.4. The predicted octanol–water partition coefficient (Wildman–Crippen LogP) is 5.78. The van der Waals surface area contributed by atoms with Gasteiger partial charge in [0.05, 0.1) is 26.2 Å². The predicted molar refractivity (Wildman–Crippen MR) is 153 cm³/mol. The number of carbonyl (C=O) groups is 2. The van der Waals surface area contributed by atoms with Gasteiger partial charge in [0.15, 0.2) is 0 Å². The highest BCUT2D eigenvalue weighted by Crippen LogP contribution is 2.33. The number of aromatic nitrogens is 2. The molecule has 0 radical (unpaired) electrons. The van der Waals surface area contributed by atoms with Crippen molar-refractivity contribution in [3.05, 3.63) is 77.9 Å². The van der Waals surface area contributed by atoms with E-state index >= 15 is 0 Å². The Morgan fingerprint density at radius 3 is 2.60 bits per heavy atom. The SMILES string of the molecule is C[Si+](C)O[C@@H](CN(C[C@H]1CCc2cc(-c3ccnc(C(=O)O)c3)ccc2O1)C(=O)OC(C)(C)C)c1cccnc1. The van der Waals surface area contributed by atoms with Gasteiger partial charge in [-0.15, -0.1) is 0 Å². The highest BCUT2D eigenvalue weighted by Gasteiger charge is 2.33. The smallest absolute Gasteiger partial charge is 0.467 e. The summed E-state index contributed by atoms with van der Waals surface area (Å²) in [6.45, 7) is 10.3. The quantitative estimate of drug-likeness (QED) is 0.327. The van der Waals surface area contributed by atoms with Crippen LogP contribution >= 0.6 is 0 Å². The van der Waals surface area contributed by atoms with Crippen LogP contribution in [0.1, 0.15) is 54.9 Å². The van der Waals surface area contributed by atoms with Crippen molar-refractivity contribution in [1.82, 2.24) is 14.9 Å². The molecule has 3 aromatic rings. The van der Waals surface area contributed by atoms with Crippen LogP contribution in [0.4, 0.5) is 4.79 Å². The van der Waals surface area contributed by atoms with Gasteiger partial charge < -0.3 is 19.5 Å². The van der Waals surface area contributed by atoms with E-state index in [1.165, 1.54) is 6.20 Å². The molecule has 0 bridgehead atoms. The lowest BCUT2D eigenvalue weighted by Crippen LogP contribution is -2.45. The molecule has 0 saturated carbocycles. The van der Waals surface area contributed by atoms with Gasteiger partial charge >= 0.3 is 21.1 Å². The fraction of sp³-hybridized carbons (Fsp3) is 0.400. The zero-order chi connectivity index (χ0) is 28.9. The zero-order valence-electron chi connectivity index (χ0n) is 23.6. The van der Waals surface area contributed by atoms with Crippen molar-refractivity contribution < 1.29 is 28.6 Å². The van der Waals surface area contributed by atoms with Crippen molar-refractivity contribution >= 4 is 21.1 Å². The molecule has 4 rings (SSSR count). The van der Waals surface area contributed by atoms with Crippen molar-refractivity contribution in [2.45, 2.75) is 64.5 Å². The fourth-order valence-corrected chi connectivity index (χ4v) is 5.32. The summed E-state index contributed by atoms with van der Waals surface area (Å²) in [5, 5.41) is 9.28. The van der Waals surface area contributed by atoms with Crippen LogP contribution < -0.4 is 4.74 Å². The molecule has 1 N–H and O–H groups in total. The first kappa shape index (κ1) is 29.2. The minimum Gasteiger partial charge on any atom is -0.488 e. The van der Waals surface area contributed by atoms with Gasteiger partial charge in [0.25, 0.3) is 0 Å². The molecular formula is C30H36N3O6Si+. The number of carbonyl (C=O) groups excluding carboxylic acids is 1. The minimum atomic E-state index is -1.07. The number of hydrogen-bond donors (Lipinski definition) is 1. The molecule has 210 valence electrons. The topological polar surface area (TPSA) is 111 Å². The van der Waals surface area contributed by atoms with Gasteiger partial charge in [0.1, 0.15) is 29.3 Å². The maximum atomic E-state index is 13.3. The number of carboxylic acids is 1. The van der Waals surface area contributed by atoms with E-state index < -0.39 is 26.7 Å². The summed E-state index contributed by atoms with van der Waals surface area (Å²) in [4.78, 5) is 34.5. The molecule has 3 heterocycles. The number of fused-ring (bicyclic) bond motifs is 1. The maximum absolute atomic E-state index is 13.3. The number of carboxylic acid groups (broad SMARTS) is 1. The largest absolute Gasteiger partial charge is 0.488 e. The van der Waals surface area contributed by atoms with Gasteiger partial charge in [-0.3, -0.25) is 4.98 Å². The van der Waals surface area contributed by atoms with Crippen LogP contribution in [0.3, 0.4) is 0 Å². The Labute approximate surface area is 236 Å². The number of benzene rings is 1. The van der Waals surface area contributed by atoms with E-state index in [2.05, 4.69) is 23.1 Å². The first-order valence-electron chi connectivity index (χ1n) is 13.3. The van der Waals surface area contributed by atoms with Gasteiger partial charge in [-0.2, -0.15) is 0 Å². The molecule has 1 aliphatic heterocycles. The lowest BCUT2D eigenvalue weighted by molar-refractivity contribution is 0.00590. The van der Waals surface area contributed by atoms with Crippen LogP contribution in [-0.2, 0) is 15.6 Å². The number of aromatic carboxylic acids is 1. The van der Waals surface area contributed by atoms with E-state index in [0.29, 0.717) is 19.5 Å². The van der Waals surface area contributed by atoms with E-state index in [-0.39, 0.29) is 17.9 Å². The number of pyridine rings is 2. The third-order valence-corrected chi connectivity index (χ3v) is 7.05. The summed E-state index contributed by atoms with van der Waals surface area (Å²) in [6, 6.07) is 13.0. The second-order valence-corrected chi connectivity index (χ2v) is 13.1. The summed E-state index contributed by atoms with van der Waals surface area (Å²) in [5.41, 5.74) is 2.98. The standard InChI is InChI=1S/C30H35N3O6Si/c1-30(2,3)38-29(36)33(19-27(39-40(4)5)23-7-6-13-31-17-23)18-24-10-8-22-15-20(9-11-26(22)37-24)21-12-14-32-25(16-21)28(34)35/h6-7,9,11-17,24,27H,8,10,18-19H2,1-5H3/p+1/t24-,27+/m1/s1. The third kappa shape index (κ3) is 7.89. The molecule has 40 heavy (non-hydrogen) atoms. The molecule has 10 heteroatoms. The molecule has 1 aromatic carbocycles. The number of rotatable bonds is 9. The van der Waals surface area contributed by atoms with Crippen LogP contribution in [0.15, 0.2) is 61.1 Å². The Morgan fingerprint density at radius 2 is 1.93 bits per heavy atom. The van der Waals surface area contributed by atoms with Crippen LogP contribution in [-0.4, -0.2) is 65.9 Å². The first-order chi connectivity index (χ1) is 19.0. The summed E-state index contributed by atoms with van der Waals surface area (Å²) in [7, 11) is -1.07. The number of amides is 1. The van der Waals surface area contributed by atoms with Gasteiger partial charge in [0.2, 0.25) is 0 Å². The van der Waals surface area contributed by atoms with Gasteiger partial charge in [-0.1, -0.05) is 12.1 Å². The summed E-state index contributed by atoms with van der Waals surface area (Å²) >= 11 is 0. The minimum absolute atomic E-state index is 0.00163. The summed E-state index contributed by atoms with van der Waals surface area (Å²) in [6.07, 6.45) is 5.48. The lowest BCUT2D eigenvalue weighted by atomic mass is 9.97. The molecule has 0 aliphatic carbocycles. The van der Waals surface area contributed by atoms with E-state index in [1.54, 1.807) is 29.4 Å². The lowest BCUT2D eigenvalue weighted by Gasteiger charge is -2.34. The number of hydrogen-bond acceptors (Lipinski definition) is 7. The zero-order valence-corrected chi connectivity index (χ0v) is 24.6. The molecule has 0 fully saturated rings. The average Bonchev–Trinajstić information content (AvgIpc) is 2.91. The molecule has 0 saturated heterocycles. The number of nitrogens with zero attached hydrogens (tertiary/aromatic N) is 3. The van der Waals surface area contributed by atoms with Crippen molar-refractivity contribution in [2.75, 3.05) is 13.1 Å². The molecule has 1 amide bonds. The third-order valence-electron chi connectivity index (χ3n) is 6.30. The molecule has 0 spiro atoms. The van der Waals surface area contributed by atoms with Gasteiger partial charge in [0, 0.05) is 24.2 Å². The Kier molecular flexibility index (Phi) is 9.21. The molecular weight excluding hydrogens is 526 g/mol. The monoisotopic (exact) mass is 562 g/mol. The second kappa shape index (κ2) is 12.6. The van der Waals surface area contributed by atoms with E-state index in [0.717, 1.165) is 34.4 Å². The van der Waals surface area contributed by atoms with E-state index in [1.807, 2.05) is 51.1 Å². The van der Waals surface area contributed by atoms with E-state index in [9.17, 15) is 14.7 Å². The highest BCUT2D eigenvalue weighted by atomic mass is 28.3. The van der Waals surface area contributed by atoms with Crippen LogP contribution in [0.25, 0.3) is 11.1 Å². The first-order valence-corrected chi connectivity index (χ1v) is 15.7. The highest BCUT2D eigenvalue weighted by molar-refractivity contribution is 6.48. The Hall–Kier alpha value is -3.76. The summed E-state index contributed by atoms with van der Waals surface area (Å²) < 4.78 is 18.4. The van der Waals surface area contributed by atoms with Crippen molar-refractivity contribution in [2.24, 2.45) is 0 Å². The molecule has 2 atom stereocenters. The molecule has 9 nitrogen and oxygen atoms in total. The Balaban J connectivity index is 1.53. The average molecular weight is 563 g/mol. The van der Waals surface area contributed by atoms with Crippen LogP contribution in [0, 0.1) is 0 Å². The molecule has 1 aliphatic rings. The van der Waals surface area contributed by atoms with Crippen molar-refractivity contribution in [3.63, 3.8) is 0 Å². The van der Waals surface area contributed by atoms with E-state index in [4.69, 9.17) is 13.9 Å². The number of ether oxygens (including phenoxy) is 2. The number of aryl methyl sites for hydroxylation is 1.